The Morgan fingerprint density at radius 2 is 0.738 bits per heavy atom. The van der Waals surface area contributed by atoms with Gasteiger partial charge in [0.05, 0.1) is 10.8 Å². The maximum Gasteiger partial charge on any atom is 0.0908 e. The van der Waals surface area contributed by atoms with Crippen molar-refractivity contribution in [3.8, 4) is 20.9 Å². The Morgan fingerprint density at radius 1 is 0.405 bits per heavy atom. The summed E-state index contributed by atoms with van der Waals surface area (Å²) in [5.41, 5.74) is 8.07. The monoisotopic (exact) mass is 650 g/mol. The van der Waals surface area contributed by atoms with Crippen LogP contribution in [0.3, 0.4) is 0 Å². The minimum atomic E-state index is -0.279. The van der Waals surface area contributed by atoms with Crippen molar-refractivity contribution in [3.05, 3.63) is 145 Å². The van der Waals surface area contributed by atoms with Gasteiger partial charge in [0.15, 0.2) is 0 Å². The summed E-state index contributed by atoms with van der Waals surface area (Å²) in [6, 6.07) is 28.8. The Balaban J connectivity index is 1.43. The lowest BCUT2D eigenvalue weighted by molar-refractivity contribution is 0.798. The summed E-state index contributed by atoms with van der Waals surface area (Å²) in [6.45, 7) is 8.97. The molecule has 0 aliphatic heterocycles. The summed E-state index contributed by atoms with van der Waals surface area (Å²) in [6.07, 6.45) is 0. The van der Waals surface area contributed by atoms with Crippen molar-refractivity contribution >= 4 is 68.0 Å². The van der Waals surface area contributed by atoms with Crippen LogP contribution < -0.4 is 0 Å². The third-order valence-electron chi connectivity index (χ3n) is 9.03. The van der Waals surface area contributed by atoms with Crippen molar-refractivity contribution in [2.45, 2.75) is 38.5 Å². The number of benzene rings is 1. The zero-order chi connectivity index (χ0) is 28.4. The first-order chi connectivity index (χ1) is 20.4. The maximum absolute atomic E-state index is 2.61. The number of rotatable bonds is 4. The average molecular weight is 651 g/mol. The van der Waals surface area contributed by atoms with Gasteiger partial charge < -0.3 is 0 Å². The molecule has 0 nitrogen and oxygen atoms in total. The van der Waals surface area contributed by atoms with Gasteiger partial charge in [0.1, 0.15) is 0 Å². The first-order valence-corrected chi connectivity index (χ1v) is 19.1. The number of aryl methyl sites for hydroxylation is 4. The molecule has 9 rings (SSSR count). The van der Waals surface area contributed by atoms with E-state index in [-0.39, 0.29) is 10.8 Å². The lowest BCUT2D eigenvalue weighted by Crippen LogP contribution is -2.27. The van der Waals surface area contributed by atoms with Gasteiger partial charge in [0, 0.05) is 48.8 Å². The van der Waals surface area contributed by atoms with Crippen molar-refractivity contribution in [3.63, 3.8) is 0 Å². The lowest BCUT2D eigenvalue weighted by Gasteiger charge is -2.32. The van der Waals surface area contributed by atoms with E-state index < -0.39 is 0 Å². The van der Waals surface area contributed by atoms with Crippen molar-refractivity contribution in [1.82, 2.24) is 0 Å². The summed E-state index contributed by atoms with van der Waals surface area (Å²) >= 11 is 11.6. The molecule has 6 heterocycles. The molecular weight excluding hydrogens is 625 g/mol. The third kappa shape index (κ3) is 3.16. The van der Waals surface area contributed by atoms with E-state index >= 15 is 0 Å². The molecule has 42 heavy (non-hydrogen) atoms. The fraction of sp³-hybridized carbons (Fsp3) is 0.167. The molecule has 2 aliphatic carbocycles. The molecular formula is C36H26S6. The SMILES string of the molecule is Cc1ccc(C2(c3ccc(C)s3)c3cc4c(cc3-c3sccc32)C(c2ccc(C)s2)(c2ccc(C)s2)c2ccsc2-4)s1. The molecule has 2 aliphatic rings. The molecule has 0 fully saturated rings. The summed E-state index contributed by atoms with van der Waals surface area (Å²) in [4.78, 5) is 14.0. The Hall–Kier alpha value is -2.58. The molecule has 0 atom stereocenters. The Bertz CT molecular complexity index is 1930. The van der Waals surface area contributed by atoms with Crippen molar-refractivity contribution in [2.75, 3.05) is 0 Å². The molecule has 0 saturated heterocycles. The van der Waals surface area contributed by atoms with Crippen molar-refractivity contribution in [1.29, 1.82) is 0 Å². The molecule has 0 spiro atoms. The maximum atomic E-state index is 2.61. The van der Waals surface area contributed by atoms with E-state index in [1.807, 2.05) is 68.0 Å². The van der Waals surface area contributed by atoms with Crippen LogP contribution in [0.15, 0.2) is 83.6 Å². The minimum Gasteiger partial charge on any atom is -0.144 e. The van der Waals surface area contributed by atoms with E-state index in [0.717, 1.165) is 0 Å². The van der Waals surface area contributed by atoms with E-state index in [1.54, 1.807) is 0 Å². The molecule has 0 bridgehead atoms. The normalized spacial score (nSPS) is 15.5. The topological polar surface area (TPSA) is 0 Å². The van der Waals surface area contributed by atoms with Crippen LogP contribution in [0.25, 0.3) is 20.9 Å². The smallest absolute Gasteiger partial charge is 0.0908 e. The molecule has 0 radical (unpaired) electrons. The van der Waals surface area contributed by atoms with Crippen molar-refractivity contribution in [2.24, 2.45) is 0 Å². The number of hydrogen-bond donors (Lipinski definition) is 0. The quantitative estimate of drug-likeness (QED) is 0.178. The summed E-state index contributed by atoms with van der Waals surface area (Å²) in [5, 5.41) is 4.62. The Morgan fingerprint density at radius 3 is 1.02 bits per heavy atom. The van der Waals surface area contributed by atoms with Crippen LogP contribution in [-0.2, 0) is 10.8 Å². The molecule has 0 amide bonds. The van der Waals surface area contributed by atoms with Gasteiger partial charge in [-0.3, -0.25) is 0 Å². The standard InChI is InChI=1S/C36H26S6/c1-19-5-9-29(39-19)35(30-10-6-20(2)40-30)25-13-15-37-33(25)23-18-28-24(17-27(23)35)34-26(14-16-38-34)36(28,31-11-7-21(3)41-31)32-12-8-22(4)42-32/h5-18H,1-4H3. The Kier molecular flexibility index (Phi) is 5.53. The van der Waals surface area contributed by atoms with Gasteiger partial charge in [-0.1, -0.05) is 0 Å². The van der Waals surface area contributed by atoms with Crippen LogP contribution in [0.5, 0.6) is 0 Å². The third-order valence-corrected chi connectivity index (χ3v) is 15.4. The highest BCUT2D eigenvalue weighted by Gasteiger charge is 2.53. The van der Waals surface area contributed by atoms with E-state index in [0.29, 0.717) is 0 Å². The highest BCUT2D eigenvalue weighted by molar-refractivity contribution is 7.16. The molecule has 6 heteroatoms. The zero-order valence-corrected chi connectivity index (χ0v) is 28.4. The minimum absolute atomic E-state index is 0.279. The van der Waals surface area contributed by atoms with Crippen molar-refractivity contribution < 1.29 is 0 Å². The lowest BCUT2D eigenvalue weighted by atomic mass is 9.73. The van der Waals surface area contributed by atoms with E-state index in [4.69, 9.17) is 0 Å². The molecule has 7 aromatic rings. The molecule has 6 aromatic heterocycles. The summed E-state index contributed by atoms with van der Waals surface area (Å²) < 4.78 is 0. The molecule has 0 N–H and O–H groups in total. The second-order valence-electron chi connectivity index (χ2n) is 11.4. The number of fused-ring (bicyclic) bond motifs is 6. The van der Waals surface area contributed by atoms with Crippen LogP contribution in [0.1, 0.15) is 61.3 Å². The fourth-order valence-corrected chi connectivity index (χ4v) is 13.9. The Labute approximate surface area is 270 Å². The van der Waals surface area contributed by atoms with Gasteiger partial charge >= 0.3 is 0 Å². The van der Waals surface area contributed by atoms with Crippen LogP contribution >= 0.6 is 68.0 Å². The van der Waals surface area contributed by atoms with Gasteiger partial charge in [0.2, 0.25) is 0 Å². The van der Waals surface area contributed by atoms with Gasteiger partial charge in [-0.25, -0.2) is 0 Å². The average Bonchev–Trinajstić information content (AvgIpc) is 3.79. The zero-order valence-electron chi connectivity index (χ0n) is 23.5. The van der Waals surface area contributed by atoms with E-state index in [1.165, 1.54) is 82.2 Å². The van der Waals surface area contributed by atoms with Crippen LogP contribution in [0.2, 0.25) is 0 Å². The van der Waals surface area contributed by atoms with Gasteiger partial charge in [0.25, 0.3) is 0 Å². The largest absolute Gasteiger partial charge is 0.144 e. The van der Waals surface area contributed by atoms with Crippen LogP contribution in [0, 0.1) is 27.7 Å². The fourth-order valence-electron chi connectivity index (χ4n) is 7.36. The predicted molar refractivity (Wildman–Crippen MR) is 187 cm³/mol. The van der Waals surface area contributed by atoms with Gasteiger partial charge in [-0.05, 0) is 145 Å². The summed E-state index contributed by atoms with van der Waals surface area (Å²) in [5.74, 6) is 0. The first kappa shape index (κ1) is 25.9. The second kappa shape index (κ2) is 8.98. The number of thiophene rings is 6. The highest BCUT2D eigenvalue weighted by Crippen LogP contribution is 2.66. The molecule has 0 saturated carbocycles. The van der Waals surface area contributed by atoms with E-state index in [9.17, 15) is 0 Å². The first-order valence-electron chi connectivity index (χ1n) is 14.1. The second-order valence-corrected chi connectivity index (χ2v) is 18.4. The summed E-state index contributed by atoms with van der Waals surface area (Å²) in [7, 11) is 0. The van der Waals surface area contributed by atoms with Crippen LogP contribution in [0.4, 0.5) is 0 Å². The van der Waals surface area contributed by atoms with Gasteiger partial charge in [-0.15, -0.1) is 68.0 Å². The number of hydrogen-bond acceptors (Lipinski definition) is 6. The molecule has 0 unspecified atom stereocenters. The van der Waals surface area contributed by atoms with Gasteiger partial charge in [-0.2, -0.15) is 0 Å². The molecule has 1 aromatic carbocycles. The molecule has 206 valence electrons. The predicted octanol–water partition coefficient (Wildman–Crippen LogP) is 12.0. The van der Waals surface area contributed by atoms with E-state index in [2.05, 4.69) is 111 Å². The van der Waals surface area contributed by atoms with Crippen LogP contribution in [-0.4, -0.2) is 0 Å². The highest BCUT2D eigenvalue weighted by atomic mass is 32.1.